The maximum atomic E-state index is 12.6. The summed E-state index contributed by atoms with van der Waals surface area (Å²) in [5.74, 6) is 0.216. The number of rotatable bonds is 4. The van der Waals surface area contributed by atoms with E-state index >= 15 is 0 Å². The molecule has 0 bridgehead atoms. The molecule has 2 heterocycles. The van der Waals surface area contributed by atoms with Gasteiger partial charge in [0, 0.05) is 49.3 Å². The lowest BCUT2D eigenvalue weighted by Gasteiger charge is -2.33. The van der Waals surface area contributed by atoms with Gasteiger partial charge in [-0.15, -0.1) is 0 Å². The second-order valence-electron chi connectivity index (χ2n) is 5.91. The van der Waals surface area contributed by atoms with Gasteiger partial charge in [0.25, 0.3) is 5.91 Å². The number of hydrogen-bond donors (Lipinski definition) is 1. The number of carbonyl (C=O) groups excluding carboxylic acids is 2. The molecule has 0 unspecified atom stereocenters. The average Bonchev–Trinajstić information content (AvgIpc) is 2.68. The third kappa shape index (κ3) is 4.85. The van der Waals surface area contributed by atoms with Crippen LogP contribution in [0.4, 0.5) is 16.4 Å². The lowest BCUT2D eigenvalue weighted by Crippen LogP contribution is -2.50. The molecule has 1 aromatic carbocycles. The van der Waals surface area contributed by atoms with Gasteiger partial charge in [-0.2, -0.15) is 0 Å². The van der Waals surface area contributed by atoms with Crippen LogP contribution in [0.15, 0.2) is 36.7 Å². The normalized spacial score (nSPS) is 14.0. The molecule has 2 aromatic rings. The summed E-state index contributed by atoms with van der Waals surface area (Å²) >= 11 is 5.95. The van der Waals surface area contributed by atoms with Crippen LogP contribution < -0.4 is 5.32 Å². The molecule has 1 aliphatic heterocycles. The Balaban J connectivity index is 1.57. The smallest absolute Gasteiger partial charge is 0.409 e. The van der Waals surface area contributed by atoms with Crippen LogP contribution in [0.2, 0.25) is 5.02 Å². The highest BCUT2D eigenvalue weighted by atomic mass is 35.5. The number of amides is 2. The highest BCUT2D eigenvalue weighted by molar-refractivity contribution is 6.30. The topological polar surface area (TPSA) is 87.7 Å². The zero-order valence-electron chi connectivity index (χ0n) is 14.9. The van der Waals surface area contributed by atoms with Gasteiger partial charge in [-0.05, 0) is 25.1 Å². The number of ether oxygens (including phenoxy) is 1. The van der Waals surface area contributed by atoms with E-state index in [0.717, 1.165) is 5.69 Å². The minimum absolute atomic E-state index is 0.159. The number of benzene rings is 1. The minimum Gasteiger partial charge on any atom is -0.450 e. The average molecular weight is 390 g/mol. The number of nitrogens with one attached hydrogen (secondary N) is 1. The van der Waals surface area contributed by atoms with Crippen molar-refractivity contribution in [3.05, 3.63) is 47.2 Å². The van der Waals surface area contributed by atoms with E-state index < -0.39 is 0 Å². The first-order valence-electron chi connectivity index (χ1n) is 8.62. The summed E-state index contributed by atoms with van der Waals surface area (Å²) in [6, 6.07) is 7.19. The maximum Gasteiger partial charge on any atom is 0.409 e. The standard InChI is InChI=1S/C18H20ClN5O3/c1-2-27-18(26)24-8-6-23(7-9-24)16(25)13-11-20-17(21-12-13)22-15-5-3-4-14(19)10-15/h3-5,10-12H,2,6-9H2,1H3,(H,20,21,22). The van der Waals surface area contributed by atoms with E-state index in [1.165, 1.54) is 12.4 Å². The zero-order chi connectivity index (χ0) is 19.2. The predicted octanol–water partition coefficient (Wildman–Crippen LogP) is 2.79. The van der Waals surface area contributed by atoms with Gasteiger partial charge < -0.3 is 19.9 Å². The minimum atomic E-state index is -0.343. The number of nitrogens with zero attached hydrogens (tertiary/aromatic N) is 4. The summed E-state index contributed by atoms with van der Waals surface area (Å²) in [5.41, 5.74) is 1.16. The van der Waals surface area contributed by atoms with Crippen molar-refractivity contribution in [2.45, 2.75) is 6.92 Å². The Bertz CT molecular complexity index is 807. The van der Waals surface area contributed by atoms with Crippen LogP contribution in [-0.4, -0.2) is 64.6 Å². The summed E-state index contributed by atoms with van der Waals surface area (Å²) in [6.07, 6.45) is 2.63. The fourth-order valence-corrected chi connectivity index (χ4v) is 2.88. The van der Waals surface area contributed by atoms with E-state index in [1.807, 2.05) is 12.1 Å². The van der Waals surface area contributed by atoms with Crippen molar-refractivity contribution in [3.63, 3.8) is 0 Å². The predicted molar refractivity (Wildman–Crippen MR) is 101 cm³/mol. The van der Waals surface area contributed by atoms with Crippen LogP contribution in [0.5, 0.6) is 0 Å². The first-order valence-corrected chi connectivity index (χ1v) is 9.00. The zero-order valence-corrected chi connectivity index (χ0v) is 15.6. The monoisotopic (exact) mass is 389 g/mol. The van der Waals surface area contributed by atoms with Crippen LogP contribution >= 0.6 is 11.6 Å². The molecule has 0 spiro atoms. The Hall–Kier alpha value is -2.87. The molecule has 9 heteroatoms. The highest BCUT2D eigenvalue weighted by Crippen LogP contribution is 2.18. The number of anilines is 2. The molecule has 1 saturated heterocycles. The molecule has 1 fully saturated rings. The van der Waals surface area contributed by atoms with Gasteiger partial charge in [0.05, 0.1) is 12.2 Å². The Morgan fingerprint density at radius 3 is 2.44 bits per heavy atom. The van der Waals surface area contributed by atoms with E-state index in [-0.39, 0.29) is 12.0 Å². The molecule has 0 atom stereocenters. The van der Waals surface area contributed by atoms with Gasteiger partial charge in [0.1, 0.15) is 0 Å². The van der Waals surface area contributed by atoms with Crippen LogP contribution in [-0.2, 0) is 4.74 Å². The van der Waals surface area contributed by atoms with Gasteiger partial charge in [0.2, 0.25) is 5.95 Å². The molecule has 1 aliphatic rings. The van der Waals surface area contributed by atoms with Crippen molar-refractivity contribution in [3.8, 4) is 0 Å². The molecule has 0 radical (unpaired) electrons. The van der Waals surface area contributed by atoms with Gasteiger partial charge >= 0.3 is 6.09 Å². The molecule has 142 valence electrons. The number of halogens is 1. The van der Waals surface area contributed by atoms with E-state index in [2.05, 4.69) is 15.3 Å². The largest absolute Gasteiger partial charge is 0.450 e. The molecule has 3 rings (SSSR count). The Morgan fingerprint density at radius 1 is 1.15 bits per heavy atom. The fourth-order valence-electron chi connectivity index (χ4n) is 2.69. The van der Waals surface area contributed by atoms with Crippen LogP contribution in [0.1, 0.15) is 17.3 Å². The van der Waals surface area contributed by atoms with Gasteiger partial charge in [-0.25, -0.2) is 14.8 Å². The van der Waals surface area contributed by atoms with Crippen LogP contribution in [0.25, 0.3) is 0 Å². The molecular formula is C18H20ClN5O3. The van der Waals surface area contributed by atoms with Crippen molar-refractivity contribution >= 4 is 35.2 Å². The molecule has 27 heavy (non-hydrogen) atoms. The Kier molecular flexibility index (Phi) is 6.08. The van der Waals surface area contributed by atoms with Gasteiger partial charge in [0.15, 0.2) is 0 Å². The van der Waals surface area contributed by atoms with Crippen molar-refractivity contribution < 1.29 is 14.3 Å². The van der Waals surface area contributed by atoms with E-state index in [1.54, 1.807) is 28.9 Å². The summed E-state index contributed by atoms with van der Waals surface area (Å²) in [6.45, 7) is 3.88. The Morgan fingerprint density at radius 2 is 1.81 bits per heavy atom. The van der Waals surface area contributed by atoms with Crippen molar-refractivity contribution in [1.29, 1.82) is 0 Å². The number of carbonyl (C=O) groups is 2. The summed E-state index contributed by atoms with van der Waals surface area (Å²) in [7, 11) is 0. The van der Waals surface area contributed by atoms with E-state index in [0.29, 0.717) is 49.3 Å². The van der Waals surface area contributed by atoms with E-state index in [4.69, 9.17) is 16.3 Å². The number of piperazine rings is 1. The van der Waals surface area contributed by atoms with Crippen LogP contribution in [0.3, 0.4) is 0 Å². The molecule has 1 N–H and O–H groups in total. The first kappa shape index (κ1) is 18.9. The summed E-state index contributed by atoms with van der Waals surface area (Å²) < 4.78 is 4.98. The molecule has 0 aliphatic carbocycles. The molecular weight excluding hydrogens is 370 g/mol. The SMILES string of the molecule is CCOC(=O)N1CCN(C(=O)c2cnc(Nc3cccc(Cl)c3)nc2)CC1. The molecule has 2 amide bonds. The van der Waals surface area contributed by atoms with Crippen molar-refractivity contribution in [2.24, 2.45) is 0 Å². The lowest BCUT2D eigenvalue weighted by molar-refractivity contribution is 0.0570. The molecule has 1 aromatic heterocycles. The quantitative estimate of drug-likeness (QED) is 0.865. The lowest BCUT2D eigenvalue weighted by atomic mass is 10.2. The molecule has 0 saturated carbocycles. The second-order valence-corrected chi connectivity index (χ2v) is 6.35. The third-order valence-electron chi connectivity index (χ3n) is 4.07. The fraction of sp³-hybridized carbons (Fsp3) is 0.333. The van der Waals surface area contributed by atoms with Crippen molar-refractivity contribution in [1.82, 2.24) is 19.8 Å². The first-order chi connectivity index (χ1) is 13.1. The molecule has 8 nitrogen and oxygen atoms in total. The van der Waals surface area contributed by atoms with Gasteiger partial charge in [-0.1, -0.05) is 17.7 Å². The Labute approximate surface area is 162 Å². The third-order valence-corrected chi connectivity index (χ3v) is 4.31. The van der Waals surface area contributed by atoms with Gasteiger partial charge in [-0.3, -0.25) is 4.79 Å². The number of aromatic nitrogens is 2. The number of hydrogen-bond acceptors (Lipinski definition) is 6. The highest BCUT2D eigenvalue weighted by Gasteiger charge is 2.25. The van der Waals surface area contributed by atoms with E-state index in [9.17, 15) is 9.59 Å². The summed E-state index contributed by atoms with van der Waals surface area (Å²) in [5, 5.41) is 3.64. The second kappa shape index (κ2) is 8.68. The summed E-state index contributed by atoms with van der Waals surface area (Å²) in [4.78, 5) is 36.0. The van der Waals surface area contributed by atoms with Crippen LogP contribution in [0, 0.1) is 0 Å². The van der Waals surface area contributed by atoms with Crippen molar-refractivity contribution in [2.75, 3.05) is 38.1 Å². The maximum absolute atomic E-state index is 12.6.